The van der Waals surface area contributed by atoms with E-state index in [1.807, 2.05) is 41.2 Å². The summed E-state index contributed by atoms with van der Waals surface area (Å²) in [4.78, 5) is 44.2. The Balaban J connectivity index is 1.24. The van der Waals surface area contributed by atoms with E-state index in [2.05, 4.69) is 34.1 Å². The highest BCUT2D eigenvalue weighted by Gasteiger charge is 2.39. The molecule has 2 aliphatic heterocycles. The fourth-order valence-electron chi connectivity index (χ4n) is 5.31. The lowest BCUT2D eigenvalue weighted by Gasteiger charge is -2.45. The molecule has 2 fully saturated rings. The average molecular weight is 511 g/mol. The number of piperidine rings is 1. The summed E-state index contributed by atoms with van der Waals surface area (Å²) in [5, 5.41) is 7.03. The van der Waals surface area contributed by atoms with Crippen molar-refractivity contribution in [2.75, 3.05) is 11.9 Å². The molecule has 0 bridgehead atoms. The number of carbonyl (C=O) groups excluding carboxylic acids is 2. The lowest BCUT2D eigenvalue weighted by atomic mass is 9.91. The van der Waals surface area contributed by atoms with Crippen molar-refractivity contribution in [2.24, 2.45) is 0 Å². The molecule has 5 heterocycles. The first kappa shape index (κ1) is 23.9. The molecule has 0 saturated carbocycles. The van der Waals surface area contributed by atoms with Crippen molar-refractivity contribution in [3.8, 4) is 10.6 Å². The van der Waals surface area contributed by atoms with Gasteiger partial charge in [0, 0.05) is 42.7 Å². The Bertz CT molecular complexity index is 1230. The first-order valence-electron chi connectivity index (χ1n) is 12.0. The number of anilines is 2. The zero-order chi connectivity index (χ0) is 24.7. The number of carbonyl (C=O) groups is 2. The van der Waals surface area contributed by atoms with Gasteiger partial charge in [-0.05, 0) is 59.1 Å². The molecule has 2 amide bonds. The molecule has 3 aromatic heterocycles. The molecule has 1 N–H and O–H groups in total. The molecule has 3 aromatic rings. The van der Waals surface area contributed by atoms with Crippen molar-refractivity contribution >= 4 is 45.4 Å². The Morgan fingerprint density at radius 1 is 1.14 bits per heavy atom. The molecule has 0 unspecified atom stereocenters. The van der Waals surface area contributed by atoms with Crippen molar-refractivity contribution < 1.29 is 9.59 Å². The first-order valence-corrected chi connectivity index (χ1v) is 13.7. The molecule has 184 valence electrons. The lowest BCUT2D eigenvalue weighted by Crippen LogP contribution is -2.55. The SMILES string of the molecule is Cc1nc(C)c(-c2csc(Nc3ccc(C(=O)N4[C@H](C)C[C@H](N5CCCC5=O)C[C@@H]4C)cn3)n2)s1. The largest absolute Gasteiger partial charge is 0.340 e. The van der Waals surface area contributed by atoms with Gasteiger partial charge in [-0.2, -0.15) is 0 Å². The highest BCUT2D eigenvalue weighted by atomic mass is 32.1. The number of hydrogen-bond donors (Lipinski definition) is 1. The number of rotatable bonds is 5. The molecule has 10 heteroatoms. The molecule has 8 nitrogen and oxygen atoms in total. The summed E-state index contributed by atoms with van der Waals surface area (Å²) < 4.78 is 0. The molecule has 0 spiro atoms. The Morgan fingerprint density at radius 3 is 2.51 bits per heavy atom. The Kier molecular flexibility index (Phi) is 6.59. The molecule has 0 aliphatic carbocycles. The number of likely N-dealkylation sites (tertiary alicyclic amines) is 2. The van der Waals surface area contributed by atoms with Gasteiger partial charge in [0.2, 0.25) is 5.91 Å². The summed E-state index contributed by atoms with van der Waals surface area (Å²) in [5.41, 5.74) is 2.47. The number of hydrogen-bond acceptors (Lipinski definition) is 8. The molecule has 3 atom stereocenters. The average Bonchev–Trinajstić information content (AvgIpc) is 3.53. The van der Waals surface area contributed by atoms with Crippen LogP contribution in [0.5, 0.6) is 0 Å². The molecular formula is C25H30N6O2S2. The van der Waals surface area contributed by atoms with E-state index in [0.29, 0.717) is 17.8 Å². The minimum Gasteiger partial charge on any atom is -0.340 e. The van der Waals surface area contributed by atoms with Crippen molar-refractivity contribution in [3.05, 3.63) is 40.0 Å². The monoisotopic (exact) mass is 510 g/mol. The maximum atomic E-state index is 13.3. The third kappa shape index (κ3) is 4.81. The number of nitrogens with one attached hydrogen (secondary N) is 1. The van der Waals surface area contributed by atoms with Gasteiger partial charge in [-0.3, -0.25) is 9.59 Å². The zero-order valence-corrected chi connectivity index (χ0v) is 22.1. The molecule has 0 radical (unpaired) electrons. The van der Waals surface area contributed by atoms with Crippen LogP contribution in [0.4, 0.5) is 10.9 Å². The van der Waals surface area contributed by atoms with E-state index in [9.17, 15) is 9.59 Å². The van der Waals surface area contributed by atoms with Crippen LogP contribution >= 0.6 is 22.7 Å². The smallest absolute Gasteiger partial charge is 0.255 e. The van der Waals surface area contributed by atoms with Gasteiger partial charge in [0.1, 0.15) is 5.82 Å². The van der Waals surface area contributed by atoms with Gasteiger partial charge < -0.3 is 15.1 Å². The molecule has 0 aromatic carbocycles. The maximum absolute atomic E-state index is 13.3. The van der Waals surface area contributed by atoms with E-state index in [0.717, 1.165) is 52.2 Å². The van der Waals surface area contributed by atoms with E-state index < -0.39 is 0 Å². The van der Waals surface area contributed by atoms with Crippen molar-refractivity contribution in [1.29, 1.82) is 0 Å². The van der Waals surface area contributed by atoms with Crippen molar-refractivity contribution in [3.63, 3.8) is 0 Å². The van der Waals surface area contributed by atoms with Crippen LogP contribution in [0.2, 0.25) is 0 Å². The minimum absolute atomic E-state index is 0.0113. The van der Waals surface area contributed by atoms with Gasteiger partial charge in [-0.15, -0.1) is 22.7 Å². The summed E-state index contributed by atoms with van der Waals surface area (Å²) in [6, 6.07) is 3.99. The highest BCUT2D eigenvalue weighted by molar-refractivity contribution is 7.16. The fourth-order valence-corrected chi connectivity index (χ4v) is 6.98. The third-order valence-electron chi connectivity index (χ3n) is 6.85. The predicted octanol–water partition coefficient (Wildman–Crippen LogP) is 5.03. The number of aryl methyl sites for hydroxylation is 2. The van der Waals surface area contributed by atoms with Crippen LogP contribution in [0.1, 0.15) is 60.6 Å². The number of aromatic nitrogens is 3. The summed E-state index contributed by atoms with van der Waals surface area (Å²) in [5.74, 6) is 0.890. The Morgan fingerprint density at radius 2 is 1.91 bits per heavy atom. The summed E-state index contributed by atoms with van der Waals surface area (Å²) >= 11 is 3.16. The van der Waals surface area contributed by atoms with E-state index in [-0.39, 0.29) is 29.9 Å². The predicted molar refractivity (Wildman–Crippen MR) is 139 cm³/mol. The van der Waals surface area contributed by atoms with E-state index in [1.165, 1.54) is 11.3 Å². The molecule has 2 saturated heterocycles. The van der Waals surface area contributed by atoms with Crippen LogP contribution in [-0.4, -0.2) is 61.2 Å². The second kappa shape index (κ2) is 9.66. The van der Waals surface area contributed by atoms with Crippen LogP contribution < -0.4 is 5.32 Å². The van der Waals surface area contributed by atoms with E-state index in [4.69, 9.17) is 0 Å². The minimum atomic E-state index is -0.0113. The summed E-state index contributed by atoms with van der Waals surface area (Å²) in [6.07, 6.45) is 4.87. The molecular weight excluding hydrogens is 480 g/mol. The van der Waals surface area contributed by atoms with Crippen LogP contribution in [0.3, 0.4) is 0 Å². The van der Waals surface area contributed by atoms with Gasteiger partial charge in [-0.25, -0.2) is 15.0 Å². The van der Waals surface area contributed by atoms with Gasteiger partial charge in [0.15, 0.2) is 5.13 Å². The van der Waals surface area contributed by atoms with Crippen molar-refractivity contribution in [1.82, 2.24) is 24.8 Å². The highest BCUT2D eigenvalue weighted by Crippen LogP contribution is 2.33. The number of thiazole rings is 2. The number of amides is 2. The van der Waals surface area contributed by atoms with Crippen LogP contribution in [0.15, 0.2) is 23.7 Å². The third-order valence-corrected chi connectivity index (χ3v) is 8.70. The summed E-state index contributed by atoms with van der Waals surface area (Å²) in [6.45, 7) is 9.00. The Labute approximate surface area is 213 Å². The van der Waals surface area contributed by atoms with Crippen LogP contribution in [-0.2, 0) is 4.79 Å². The number of pyridine rings is 1. The standard InChI is InChI=1S/C25H30N6O2S2/c1-14-10-19(30-9-5-6-22(30)32)11-15(2)31(14)24(33)18-7-8-21(26-12-18)29-25-28-20(13-34-25)23-16(3)27-17(4)35-23/h7-8,12-15,19H,5-6,9-11H2,1-4H3,(H,26,28,29)/t14-,15+,19+. The molecule has 5 rings (SSSR count). The van der Waals surface area contributed by atoms with E-state index in [1.54, 1.807) is 17.5 Å². The van der Waals surface area contributed by atoms with Crippen molar-refractivity contribution in [2.45, 2.75) is 71.5 Å². The number of nitrogens with zero attached hydrogens (tertiary/aromatic N) is 5. The molecule has 35 heavy (non-hydrogen) atoms. The molecule has 2 aliphatic rings. The second-order valence-corrected chi connectivity index (χ2v) is 11.5. The van der Waals surface area contributed by atoms with Gasteiger partial charge in [0.05, 0.1) is 26.8 Å². The topological polar surface area (TPSA) is 91.3 Å². The zero-order valence-electron chi connectivity index (χ0n) is 20.4. The van der Waals surface area contributed by atoms with Gasteiger partial charge in [0.25, 0.3) is 5.91 Å². The maximum Gasteiger partial charge on any atom is 0.255 e. The normalized spacial score (nSPS) is 22.6. The Hall–Kier alpha value is -2.85. The van der Waals surface area contributed by atoms with Crippen LogP contribution in [0, 0.1) is 13.8 Å². The second-order valence-electron chi connectivity index (χ2n) is 9.47. The summed E-state index contributed by atoms with van der Waals surface area (Å²) in [7, 11) is 0. The lowest BCUT2D eigenvalue weighted by molar-refractivity contribution is -0.131. The van der Waals surface area contributed by atoms with Gasteiger partial charge >= 0.3 is 0 Å². The van der Waals surface area contributed by atoms with Crippen LogP contribution in [0.25, 0.3) is 10.6 Å². The first-order chi connectivity index (χ1) is 16.8. The van der Waals surface area contributed by atoms with E-state index >= 15 is 0 Å². The van der Waals surface area contributed by atoms with Gasteiger partial charge in [-0.1, -0.05) is 0 Å². The fraction of sp³-hybridized carbons (Fsp3) is 0.480. The quantitative estimate of drug-likeness (QED) is 0.518.